The summed E-state index contributed by atoms with van der Waals surface area (Å²) < 4.78 is 46.3. The number of ether oxygens (including phenoxy) is 1. The second-order valence-corrected chi connectivity index (χ2v) is 6.12. The van der Waals surface area contributed by atoms with Crippen LogP contribution in [0.4, 0.5) is 13.2 Å². The van der Waals surface area contributed by atoms with Crippen LogP contribution in [0.2, 0.25) is 5.02 Å². The molecule has 0 bridgehead atoms. The Balaban J connectivity index is 1.84. The molecular weight excluding hydrogens is 411 g/mol. The van der Waals surface area contributed by atoms with Crippen molar-refractivity contribution in [1.29, 1.82) is 0 Å². The van der Waals surface area contributed by atoms with E-state index in [9.17, 15) is 18.0 Å². The molecule has 0 atom stereocenters. The number of halogens is 4. The summed E-state index contributed by atoms with van der Waals surface area (Å²) in [6, 6.07) is 12.1. The van der Waals surface area contributed by atoms with Crippen LogP contribution in [0, 0.1) is 0 Å². The molecule has 0 radical (unpaired) electrons. The van der Waals surface area contributed by atoms with Crippen LogP contribution in [0.1, 0.15) is 21.6 Å². The van der Waals surface area contributed by atoms with Crippen LogP contribution in [0.15, 0.2) is 59.9 Å². The molecule has 0 unspecified atom stereocenters. The van der Waals surface area contributed by atoms with E-state index in [1.54, 1.807) is 24.3 Å². The standard InChI is InChI=1S/C19H13ClF3N3O3/c1-28-15-8-2-12(3-9-15)10-25-29-18(27)16-11-24-26(17(16)19(21,22)23)14-6-4-13(20)5-7-14/h2-11H,1H3/b25-10+. The number of rotatable bonds is 5. The highest BCUT2D eigenvalue weighted by Gasteiger charge is 2.41. The first-order valence-electron chi connectivity index (χ1n) is 8.09. The molecule has 3 aromatic rings. The molecule has 150 valence electrons. The summed E-state index contributed by atoms with van der Waals surface area (Å²) in [5.74, 6) is -0.675. The first-order chi connectivity index (χ1) is 13.8. The van der Waals surface area contributed by atoms with E-state index in [0.29, 0.717) is 21.0 Å². The Morgan fingerprint density at radius 1 is 1.14 bits per heavy atom. The molecule has 0 aliphatic rings. The predicted octanol–water partition coefficient (Wildman–Crippen LogP) is 4.74. The van der Waals surface area contributed by atoms with E-state index < -0.39 is 23.4 Å². The molecule has 0 fully saturated rings. The van der Waals surface area contributed by atoms with Gasteiger partial charge in [0.15, 0.2) is 5.69 Å². The molecular formula is C19H13ClF3N3O3. The fourth-order valence-corrected chi connectivity index (χ4v) is 2.55. The molecule has 1 heterocycles. The number of aromatic nitrogens is 2. The van der Waals surface area contributed by atoms with E-state index in [2.05, 4.69) is 15.1 Å². The summed E-state index contributed by atoms with van der Waals surface area (Å²) in [6.45, 7) is 0. The van der Waals surface area contributed by atoms with Gasteiger partial charge in [0.1, 0.15) is 11.3 Å². The molecule has 0 spiro atoms. The van der Waals surface area contributed by atoms with Crippen molar-refractivity contribution in [2.24, 2.45) is 5.16 Å². The third-order valence-corrected chi connectivity index (χ3v) is 4.03. The van der Waals surface area contributed by atoms with E-state index >= 15 is 0 Å². The second kappa shape index (κ2) is 8.36. The minimum Gasteiger partial charge on any atom is -0.497 e. The maximum absolute atomic E-state index is 13.6. The number of nitrogens with zero attached hydrogens (tertiary/aromatic N) is 3. The Kier molecular flexibility index (Phi) is 5.88. The zero-order valence-corrected chi connectivity index (χ0v) is 15.6. The first kappa shape index (κ1) is 20.4. The number of alkyl halides is 3. The lowest BCUT2D eigenvalue weighted by molar-refractivity contribution is -0.143. The fourth-order valence-electron chi connectivity index (χ4n) is 2.42. The number of hydrogen-bond acceptors (Lipinski definition) is 5. The van der Waals surface area contributed by atoms with Crippen LogP contribution >= 0.6 is 11.6 Å². The number of oxime groups is 1. The van der Waals surface area contributed by atoms with E-state index in [-0.39, 0.29) is 5.69 Å². The molecule has 0 aliphatic carbocycles. The molecule has 0 saturated carbocycles. The zero-order valence-electron chi connectivity index (χ0n) is 14.9. The highest BCUT2D eigenvalue weighted by molar-refractivity contribution is 6.30. The molecule has 29 heavy (non-hydrogen) atoms. The highest BCUT2D eigenvalue weighted by Crippen LogP contribution is 2.34. The van der Waals surface area contributed by atoms with Gasteiger partial charge in [0.2, 0.25) is 0 Å². The summed E-state index contributed by atoms with van der Waals surface area (Å²) in [5, 5.41) is 7.48. The molecule has 3 rings (SSSR count). The van der Waals surface area contributed by atoms with E-state index in [1.807, 2.05) is 0 Å². The van der Waals surface area contributed by atoms with Gasteiger partial charge in [0, 0.05) is 5.02 Å². The minimum absolute atomic E-state index is 0.0857. The van der Waals surface area contributed by atoms with Gasteiger partial charge in [-0.1, -0.05) is 16.8 Å². The van der Waals surface area contributed by atoms with Gasteiger partial charge < -0.3 is 9.57 Å². The molecule has 6 nitrogen and oxygen atoms in total. The summed E-state index contributed by atoms with van der Waals surface area (Å²) in [7, 11) is 1.51. The van der Waals surface area contributed by atoms with Crippen LogP contribution < -0.4 is 4.74 Å². The third-order valence-electron chi connectivity index (χ3n) is 3.78. The van der Waals surface area contributed by atoms with Gasteiger partial charge in [-0.2, -0.15) is 18.3 Å². The van der Waals surface area contributed by atoms with Crippen LogP contribution in [-0.2, 0) is 11.0 Å². The van der Waals surface area contributed by atoms with Gasteiger partial charge in [-0.25, -0.2) is 9.48 Å². The SMILES string of the molecule is COc1ccc(/C=N/OC(=O)c2cnn(-c3ccc(Cl)cc3)c2C(F)(F)F)cc1. The molecule has 0 amide bonds. The quantitative estimate of drug-likeness (QED) is 0.337. The van der Waals surface area contributed by atoms with Crippen molar-refractivity contribution in [3.8, 4) is 11.4 Å². The van der Waals surface area contributed by atoms with Gasteiger partial charge in [0.05, 0.1) is 25.2 Å². The van der Waals surface area contributed by atoms with Crippen LogP contribution in [0.5, 0.6) is 5.75 Å². The number of hydrogen-bond donors (Lipinski definition) is 0. The van der Waals surface area contributed by atoms with Crippen molar-refractivity contribution in [3.05, 3.63) is 76.6 Å². The number of benzene rings is 2. The Labute approximate surface area is 168 Å². The molecule has 0 saturated heterocycles. The fraction of sp³-hybridized carbons (Fsp3) is 0.105. The van der Waals surface area contributed by atoms with Crippen LogP contribution in [-0.4, -0.2) is 29.1 Å². The molecule has 2 aromatic carbocycles. The molecule has 0 aliphatic heterocycles. The van der Waals surface area contributed by atoms with E-state index in [0.717, 1.165) is 6.20 Å². The number of carbonyl (C=O) groups is 1. The molecule has 10 heteroatoms. The van der Waals surface area contributed by atoms with E-state index in [1.165, 1.54) is 37.6 Å². The maximum Gasteiger partial charge on any atom is 0.434 e. The first-order valence-corrected chi connectivity index (χ1v) is 8.47. The minimum atomic E-state index is -4.86. The van der Waals surface area contributed by atoms with Crippen molar-refractivity contribution in [1.82, 2.24) is 9.78 Å². The Morgan fingerprint density at radius 3 is 2.38 bits per heavy atom. The zero-order chi connectivity index (χ0) is 21.0. The normalized spacial score (nSPS) is 11.6. The smallest absolute Gasteiger partial charge is 0.434 e. The van der Waals surface area contributed by atoms with Crippen molar-refractivity contribution < 1.29 is 27.5 Å². The highest BCUT2D eigenvalue weighted by atomic mass is 35.5. The lowest BCUT2D eigenvalue weighted by Gasteiger charge is -2.11. The average Bonchev–Trinajstić information content (AvgIpc) is 3.15. The monoisotopic (exact) mass is 423 g/mol. The Morgan fingerprint density at radius 2 is 1.79 bits per heavy atom. The van der Waals surface area contributed by atoms with Crippen molar-refractivity contribution in [3.63, 3.8) is 0 Å². The summed E-state index contributed by atoms with van der Waals surface area (Å²) in [6.07, 6.45) is -2.89. The lowest BCUT2D eigenvalue weighted by atomic mass is 10.2. The van der Waals surface area contributed by atoms with Gasteiger partial charge in [-0.15, -0.1) is 0 Å². The van der Waals surface area contributed by atoms with Crippen molar-refractivity contribution in [2.45, 2.75) is 6.18 Å². The van der Waals surface area contributed by atoms with Gasteiger partial charge >= 0.3 is 12.1 Å². The second-order valence-electron chi connectivity index (χ2n) is 5.68. The Hall–Kier alpha value is -3.33. The molecule has 0 N–H and O–H groups in total. The van der Waals surface area contributed by atoms with Crippen LogP contribution in [0.3, 0.4) is 0 Å². The van der Waals surface area contributed by atoms with Gasteiger partial charge in [-0.05, 0) is 54.1 Å². The van der Waals surface area contributed by atoms with Gasteiger partial charge in [-0.3, -0.25) is 0 Å². The van der Waals surface area contributed by atoms with Crippen molar-refractivity contribution >= 4 is 23.8 Å². The van der Waals surface area contributed by atoms with Crippen molar-refractivity contribution in [2.75, 3.05) is 7.11 Å². The topological polar surface area (TPSA) is 65.7 Å². The van der Waals surface area contributed by atoms with Crippen LogP contribution in [0.25, 0.3) is 5.69 Å². The maximum atomic E-state index is 13.6. The summed E-state index contributed by atoms with van der Waals surface area (Å²) in [5.41, 5.74) is -1.39. The molecule has 1 aromatic heterocycles. The summed E-state index contributed by atoms with van der Waals surface area (Å²) in [4.78, 5) is 16.8. The van der Waals surface area contributed by atoms with Gasteiger partial charge in [0.25, 0.3) is 0 Å². The summed E-state index contributed by atoms with van der Waals surface area (Å²) >= 11 is 5.76. The average molecular weight is 424 g/mol. The largest absolute Gasteiger partial charge is 0.497 e. The number of methoxy groups -OCH3 is 1. The lowest BCUT2D eigenvalue weighted by Crippen LogP contribution is -2.18. The third kappa shape index (κ3) is 4.75. The predicted molar refractivity (Wildman–Crippen MR) is 99.6 cm³/mol. The van der Waals surface area contributed by atoms with E-state index in [4.69, 9.17) is 16.3 Å². The number of carbonyl (C=O) groups excluding carboxylic acids is 1. The Bertz CT molecular complexity index is 1030.